The topological polar surface area (TPSA) is 106 Å². The molecule has 0 spiro atoms. The molecule has 0 aromatic heterocycles. The summed E-state index contributed by atoms with van der Waals surface area (Å²) in [6, 6.07) is 27.1. The molecule has 3 rings (SSSR count). The molecular weight excluding hydrogens is 382 g/mol. The maximum atomic E-state index is 12.6. The summed E-state index contributed by atoms with van der Waals surface area (Å²) >= 11 is 0. The van der Waals surface area contributed by atoms with Gasteiger partial charge in [-0.25, -0.2) is 3.97 Å². The molecule has 5 nitrogen and oxygen atoms in total. The van der Waals surface area contributed by atoms with Crippen LogP contribution in [0.15, 0.2) is 95.9 Å². The third-order valence-electron chi connectivity index (χ3n) is 3.19. The molecule has 134 valence electrons. The molecule has 0 bridgehead atoms. The molecular formula is C18H20NaO5PS. The van der Waals surface area contributed by atoms with Crippen molar-refractivity contribution in [2.24, 2.45) is 0 Å². The van der Waals surface area contributed by atoms with Gasteiger partial charge in [0.2, 0.25) is 0 Å². The summed E-state index contributed by atoms with van der Waals surface area (Å²) in [5, 5.41) is 1.71. The van der Waals surface area contributed by atoms with E-state index in [0.717, 1.165) is 10.6 Å². The Labute approximate surface area is 176 Å². The summed E-state index contributed by atoms with van der Waals surface area (Å²) in [5.41, 5.74) is 0. The van der Waals surface area contributed by atoms with Crippen molar-refractivity contribution in [3.05, 3.63) is 91.0 Å². The molecule has 0 radical (unpaired) electrons. The molecule has 0 saturated heterocycles. The van der Waals surface area contributed by atoms with Gasteiger partial charge in [-0.05, 0) is 12.1 Å². The van der Waals surface area contributed by atoms with Gasteiger partial charge in [0.25, 0.3) is 0 Å². The van der Waals surface area contributed by atoms with Gasteiger partial charge < -0.3 is 11.0 Å². The maximum absolute atomic E-state index is 12.6. The average Bonchev–Trinajstić information content (AvgIpc) is 2.62. The van der Waals surface area contributed by atoms with E-state index in [1.165, 1.54) is 0 Å². The molecule has 0 aliphatic rings. The Morgan fingerprint density at radius 1 is 0.615 bits per heavy atom. The van der Waals surface area contributed by atoms with E-state index in [1.54, 1.807) is 30.3 Å². The van der Waals surface area contributed by atoms with E-state index in [1.807, 2.05) is 60.7 Å². The standard InChI is InChI=1S/C18H15O3PS.Na.2H2O.H/c19-23(20,18-14-8-3-9-15-18)21-22(16-10-4-1-5-11-16)17-12-6-2-7-13-17;;;;/h1-15H;;2*1H2;. The first kappa shape index (κ1) is 24.9. The Balaban J connectivity index is 0.00000208. The SMILES string of the molecule is O.O.O=S(=O)(OP(c1ccccc1)c1ccccc1)c1ccccc1.[NaH]. The fourth-order valence-electron chi connectivity index (χ4n) is 2.09. The molecule has 8 heteroatoms. The summed E-state index contributed by atoms with van der Waals surface area (Å²) in [4.78, 5) is 0.166. The molecule has 0 atom stereocenters. The van der Waals surface area contributed by atoms with Gasteiger partial charge >= 0.3 is 39.7 Å². The molecule has 3 aromatic rings. The molecule has 0 aliphatic heterocycles. The first-order valence-electron chi connectivity index (χ1n) is 7.07. The second kappa shape index (κ2) is 11.6. The normalized spacial score (nSPS) is 10.2. The van der Waals surface area contributed by atoms with Crippen molar-refractivity contribution in [2.75, 3.05) is 0 Å². The molecule has 0 saturated carbocycles. The first-order valence-corrected chi connectivity index (χ1v) is 9.73. The van der Waals surface area contributed by atoms with E-state index in [0.29, 0.717) is 0 Å². The van der Waals surface area contributed by atoms with Gasteiger partial charge in [0, 0.05) is 10.6 Å². The molecule has 0 aliphatic carbocycles. The van der Waals surface area contributed by atoms with E-state index in [-0.39, 0.29) is 45.4 Å². The monoisotopic (exact) mass is 402 g/mol. The van der Waals surface area contributed by atoms with Gasteiger partial charge in [-0.15, -0.1) is 0 Å². The zero-order chi connectivity index (χ0) is 16.1. The van der Waals surface area contributed by atoms with Gasteiger partial charge in [-0.2, -0.15) is 8.42 Å². The quantitative estimate of drug-likeness (QED) is 0.472. The van der Waals surface area contributed by atoms with Crippen LogP contribution in [-0.4, -0.2) is 48.9 Å². The van der Waals surface area contributed by atoms with Crippen LogP contribution in [0.3, 0.4) is 0 Å². The van der Waals surface area contributed by atoms with Crippen LogP contribution in [0.5, 0.6) is 0 Å². The van der Waals surface area contributed by atoms with Crippen molar-refractivity contribution in [3.8, 4) is 0 Å². The summed E-state index contributed by atoms with van der Waals surface area (Å²) in [6.07, 6.45) is 0. The number of hydrogen-bond acceptors (Lipinski definition) is 3. The van der Waals surface area contributed by atoms with Crippen molar-refractivity contribution in [2.45, 2.75) is 4.90 Å². The minimum absolute atomic E-state index is 0. The Bertz CT molecular complexity index is 822. The van der Waals surface area contributed by atoms with Crippen LogP contribution in [0.25, 0.3) is 0 Å². The summed E-state index contributed by atoms with van der Waals surface area (Å²) in [5.74, 6) is 0. The van der Waals surface area contributed by atoms with Crippen LogP contribution in [0, 0.1) is 0 Å². The Morgan fingerprint density at radius 2 is 0.962 bits per heavy atom. The Morgan fingerprint density at radius 3 is 1.35 bits per heavy atom. The van der Waals surface area contributed by atoms with E-state index in [2.05, 4.69) is 0 Å². The fraction of sp³-hybridized carbons (Fsp3) is 0. The molecule has 0 unspecified atom stereocenters. The van der Waals surface area contributed by atoms with E-state index < -0.39 is 18.3 Å². The number of benzene rings is 3. The summed E-state index contributed by atoms with van der Waals surface area (Å²) in [7, 11) is -5.28. The zero-order valence-corrected chi connectivity index (χ0v) is 15.0. The van der Waals surface area contributed by atoms with Gasteiger partial charge in [0.05, 0.1) is 4.90 Å². The number of hydrogen-bond donors (Lipinski definition) is 0. The predicted molar refractivity (Wildman–Crippen MR) is 108 cm³/mol. The van der Waals surface area contributed by atoms with Crippen molar-refractivity contribution in [1.29, 1.82) is 0 Å². The molecule has 3 aromatic carbocycles. The summed E-state index contributed by atoms with van der Waals surface area (Å²) < 4.78 is 30.8. The zero-order valence-electron chi connectivity index (χ0n) is 13.2. The van der Waals surface area contributed by atoms with Gasteiger partial charge in [0.15, 0.2) is 0 Å². The van der Waals surface area contributed by atoms with Crippen LogP contribution in [-0.2, 0) is 14.1 Å². The van der Waals surface area contributed by atoms with Crippen molar-refractivity contribution in [1.82, 2.24) is 0 Å². The molecule has 0 fully saturated rings. The van der Waals surface area contributed by atoms with Gasteiger partial charge in [-0.1, -0.05) is 78.9 Å². The summed E-state index contributed by atoms with van der Waals surface area (Å²) in [6.45, 7) is 0. The van der Waals surface area contributed by atoms with Crippen LogP contribution in [0.1, 0.15) is 0 Å². The van der Waals surface area contributed by atoms with Crippen LogP contribution >= 0.6 is 8.15 Å². The van der Waals surface area contributed by atoms with Gasteiger partial charge in [-0.3, -0.25) is 0 Å². The third kappa shape index (κ3) is 6.27. The Kier molecular flexibility index (Phi) is 11.1. The Hall–Kier alpha value is -1.08. The van der Waals surface area contributed by atoms with Crippen molar-refractivity contribution in [3.63, 3.8) is 0 Å². The average molecular weight is 402 g/mol. The number of rotatable bonds is 5. The third-order valence-corrected chi connectivity index (χ3v) is 6.95. The minimum atomic E-state index is -3.83. The molecule has 4 N–H and O–H groups in total. The van der Waals surface area contributed by atoms with Crippen LogP contribution < -0.4 is 10.6 Å². The predicted octanol–water partition coefficient (Wildman–Crippen LogP) is 1.14. The van der Waals surface area contributed by atoms with E-state index >= 15 is 0 Å². The second-order valence-electron chi connectivity index (χ2n) is 4.81. The molecule has 0 heterocycles. The van der Waals surface area contributed by atoms with Crippen LogP contribution in [0.2, 0.25) is 0 Å². The van der Waals surface area contributed by atoms with E-state index in [9.17, 15) is 8.42 Å². The van der Waals surface area contributed by atoms with Gasteiger partial charge in [0.1, 0.15) is 8.15 Å². The van der Waals surface area contributed by atoms with Crippen molar-refractivity contribution >= 4 is 58.4 Å². The first-order chi connectivity index (χ1) is 11.2. The molecule has 26 heavy (non-hydrogen) atoms. The fourth-order valence-corrected chi connectivity index (χ4v) is 5.58. The second-order valence-corrected chi connectivity index (χ2v) is 8.40. The van der Waals surface area contributed by atoms with Crippen LogP contribution in [0.4, 0.5) is 0 Å². The molecule has 0 amide bonds. The van der Waals surface area contributed by atoms with Crippen molar-refractivity contribution < 1.29 is 23.3 Å². The van der Waals surface area contributed by atoms with E-state index in [4.69, 9.17) is 3.97 Å².